The van der Waals surface area contributed by atoms with Crippen molar-refractivity contribution >= 4 is 38.2 Å². The van der Waals surface area contributed by atoms with E-state index in [0.29, 0.717) is 40.2 Å². The fraction of sp³-hybridized carbons (Fsp3) is 0.250. The second-order valence-electron chi connectivity index (χ2n) is 9.36. The molecule has 38 heavy (non-hydrogen) atoms. The minimum Gasteiger partial charge on any atom is -0.383 e. The van der Waals surface area contributed by atoms with E-state index in [-0.39, 0.29) is 17.4 Å². The zero-order valence-electron chi connectivity index (χ0n) is 21.1. The first-order valence-electron chi connectivity index (χ1n) is 12.4. The molecule has 2 aromatic heterocycles. The van der Waals surface area contributed by atoms with Crippen molar-refractivity contribution in [1.29, 1.82) is 0 Å². The Balaban J connectivity index is 1.62. The van der Waals surface area contributed by atoms with Gasteiger partial charge in [0.25, 0.3) is 0 Å². The molecule has 0 spiro atoms. The Kier molecular flexibility index (Phi) is 6.98. The highest BCUT2D eigenvalue weighted by molar-refractivity contribution is 7.93. The van der Waals surface area contributed by atoms with Crippen molar-refractivity contribution in [3.63, 3.8) is 0 Å². The summed E-state index contributed by atoms with van der Waals surface area (Å²) in [4.78, 5) is 20.1. The average molecular weight is 533 g/mol. The maximum Gasteiger partial charge on any atom is 0.243 e. The number of halogens is 1. The third kappa shape index (κ3) is 4.91. The maximum atomic E-state index is 15.4. The first kappa shape index (κ1) is 25.6. The van der Waals surface area contributed by atoms with Crippen LogP contribution in [0, 0.1) is 5.82 Å². The molecular weight excluding hydrogens is 503 g/mol. The van der Waals surface area contributed by atoms with Crippen molar-refractivity contribution in [2.75, 3.05) is 17.2 Å². The molecule has 5 rings (SSSR count). The molecule has 8 nitrogen and oxygen atoms in total. The quantitative estimate of drug-likeness (QED) is 0.335. The highest BCUT2D eigenvalue weighted by Gasteiger charge is 2.23. The number of nitrogens with one attached hydrogen (secondary N) is 1. The number of hydrogen-bond donors (Lipinski definition) is 2. The van der Waals surface area contributed by atoms with Crippen LogP contribution in [0.2, 0.25) is 0 Å². The third-order valence-electron chi connectivity index (χ3n) is 6.80. The number of rotatable bonds is 6. The molecule has 0 unspecified atom stereocenters. The molecule has 10 heteroatoms. The lowest BCUT2D eigenvalue weighted by molar-refractivity contribution is -0.116. The Labute approximate surface area is 221 Å². The highest BCUT2D eigenvalue weighted by Crippen LogP contribution is 2.42. The SMILES string of the molecule is C=CC(=O)NCc1ccc(-c2c(-c3ccc(N=S4(=O)CCCCC4)c(F)c3)c3c(N)ncnc3n2C)cc1. The maximum absolute atomic E-state index is 15.4. The first-order valence-corrected chi connectivity index (χ1v) is 14.3. The van der Waals surface area contributed by atoms with Crippen LogP contribution in [-0.4, -0.2) is 36.2 Å². The second-order valence-corrected chi connectivity index (χ2v) is 11.9. The Bertz CT molecular complexity index is 1660. The standard InChI is InChI=1S/C28H29FN6O2S/c1-3-23(36)31-16-18-7-9-19(10-8-18)26-24(25-27(30)32-17-33-28(25)35(26)2)20-11-12-22(21(29)15-20)34-38(37)13-5-4-6-14-38/h3,7-12,15,17H,1,4-6,13-14,16H2,2H3,(H,31,36)(H2,30,32,33). The summed E-state index contributed by atoms with van der Waals surface area (Å²) in [7, 11) is -0.564. The number of fused-ring (bicyclic) bond motifs is 1. The summed E-state index contributed by atoms with van der Waals surface area (Å²) in [6, 6.07) is 12.5. The Morgan fingerprint density at radius 3 is 2.55 bits per heavy atom. The minimum atomic E-state index is -2.44. The van der Waals surface area contributed by atoms with Crippen LogP contribution in [0.4, 0.5) is 15.9 Å². The fourth-order valence-corrected chi connectivity index (χ4v) is 7.08. The highest BCUT2D eigenvalue weighted by atomic mass is 32.2. The topological polar surface area (TPSA) is 115 Å². The van der Waals surface area contributed by atoms with Crippen LogP contribution in [0.15, 0.2) is 65.8 Å². The number of aryl methyl sites for hydroxylation is 1. The van der Waals surface area contributed by atoms with Crippen molar-refractivity contribution in [3.05, 3.63) is 72.8 Å². The zero-order valence-corrected chi connectivity index (χ0v) is 21.9. The summed E-state index contributed by atoms with van der Waals surface area (Å²) in [5.74, 6) is 0.507. The van der Waals surface area contributed by atoms with Crippen molar-refractivity contribution in [2.24, 2.45) is 11.4 Å². The molecule has 4 aromatic rings. The lowest BCUT2D eigenvalue weighted by atomic mass is 9.98. The fourth-order valence-electron chi connectivity index (χ4n) is 4.88. The van der Waals surface area contributed by atoms with E-state index < -0.39 is 15.5 Å². The lowest BCUT2D eigenvalue weighted by Gasteiger charge is -2.15. The molecule has 1 saturated heterocycles. The van der Waals surface area contributed by atoms with E-state index in [9.17, 15) is 9.00 Å². The van der Waals surface area contributed by atoms with Crippen molar-refractivity contribution in [3.8, 4) is 22.4 Å². The normalized spacial score (nSPS) is 14.8. The third-order valence-corrected chi connectivity index (χ3v) is 9.19. The van der Waals surface area contributed by atoms with Crippen LogP contribution in [0.25, 0.3) is 33.4 Å². The summed E-state index contributed by atoms with van der Waals surface area (Å²) in [6.45, 7) is 3.83. The van der Waals surface area contributed by atoms with Gasteiger partial charge in [0.1, 0.15) is 29.3 Å². The van der Waals surface area contributed by atoms with Gasteiger partial charge in [-0.3, -0.25) is 4.79 Å². The van der Waals surface area contributed by atoms with Crippen LogP contribution in [0.3, 0.4) is 0 Å². The van der Waals surface area contributed by atoms with Gasteiger partial charge in [-0.15, -0.1) is 0 Å². The van der Waals surface area contributed by atoms with Gasteiger partial charge < -0.3 is 15.6 Å². The summed E-state index contributed by atoms with van der Waals surface area (Å²) >= 11 is 0. The Hall–Kier alpha value is -4.05. The van der Waals surface area contributed by atoms with Gasteiger partial charge in [0.2, 0.25) is 5.91 Å². The van der Waals surface area contributed by atoms with Crippen molar-refractivity contribution < 1.29 is 13.4 Å². The van der Waals surface area contributed by atoms with Crippen LogP contribution >= 0.6 is 0 Å². The van der Waals surface area contributed by atoms with Gasteiger partial charge in [0, 0.05) is 30.7 Å². The number of anilines is 1. The molecule has 1 amide bonds. The Morgan fingerprint density at radius 1 is 1.16 bits per heavy atom. The average Bonchev–Trinajstić information content (AvgIpc) is 3.22. The number of nitrogens with two attached hydrogens (primary N) is 1. The number of nitrogen functional groups attached to an aromatic ring is 1. The molecule has 1 fully saturated rings. The first-order chi connectivity index (χ1) is 18.3. The molecule has 0 saturated carbocycles. The van der Waals surface area contributed by atoms with Gasteiger partial charge in [0.15, 0.2) is 0 Å². The molecule has 0 bridgehead atoms. The van der Waals surface area contributed by atoms with E-state index in [4.69, 9.17) is 5.73 Å². The van der Waals surface area contributed by atoms with Gasteiger partial charge >= 0.3 is 0 Å². The number of benzene rings is 2. The van der Waals surface area contributed by atoms with Crippen LogP contribution in [-0.2, 0) is 28.1 Å². The minimum absolute atomic E-state index is 0.109. The molecule has 0 aliphatic carbocycles. The molecule has 1 aliphatic heterocycles. The largest absolute Gasteiger partial charge is 0.383 e. The molecule has 3 N–H and O–H groups in total. The van der Waals surface area contributed by atoms with E-state index >= 15 is 4.39 Å². The van der Waals surface area contributed by atoms with Crippen molar-refractivity contribution in [2.45, 2.75) is 25.8 Å². The molecule has 1 aliphatic rings. The molecule has 3 heterocycles. The molecule has 0 radical (unpaired) electrons. The number of hydrogen-bond acceptors (Lipinski definition) is 6. The number of carbonyl (C=O) groups excluding carboxylic acids is 1. The van der Waals surface area contributed by atoms with Crippen LogP contribution in [0.5, 0.6) is 0 Å². The second kappa shape index (κ2) is 10.4. The van der Waals surface area contributed by atoms with Gasteiger partial charge in [0.05, 0.1) is 20.8 Å². The predicted molar refractivity (Wildman–Crippen MR) is 150 cm³/mol. The molecule has 2 aromatic carbocycles. The van der Waals surface area contributed by atoms with Gasteiger partial charge in [-0.05, 0) is 47.7 Å². The summed E-state index contributed by atoms with van der Waals surface area (Å²) in [5.41, 5.74) is 10.9. The van der Waals surface area contributed by atoms with Gasteiger partial charge in [-0.2, -0.15) is 4.36 Å². The summed E-state index contributed by atoms with van der Waals surface area (Å²) in [6.07, 6.45) is 5.36. The molecule has 0 atom stereocenters. The molecule has 196 valence electrons. The predicted octanol–water partition coefficient (Wildman–Crippen LogP) is 5.11. The summed E-state index contributed by atoms with van der Waals surface area (Å²) in [5, 5.41) is 3.38. The van der Waals surface area contributed by atoms with E-state index in [0.717, 1.165) is 36.1 Å². The van der Waals surface area contributed by atoms with Crippen LogP contribution < -0.4 is 11.1 Å². The number of amides is 1. The smallest absolute Gasteiger partial charge is 0.243 e. The van der Waals surface area contributed by atoms with E-state index in [1.807, 2.05) is 35.9 Å². The van der Waals surface area contributed by atoms with E-state index in [1.54, 1.807) is 12.1 Å². The van der Waals surface area contributed by atoms with E-state index in [2.05, 4.69) is 26.2 Å². The Morgan fingerprint density at radius 2 is 1.87 bits per heavy atom. The summed E-state index contributed by atoms with van der Waals surface area (Å²) < 4.78 is 34.7. The number of carbonyl (C=O) groups is 1. The van der Waals surface area contributed by atoms with Crippen molar-refractivity contribution in [1.82, 2.24) is 19.9 Å². The van der Waals surface area contributed by atoms with E-state index in [1.165, 1.54) is 18.5 Å². The monoisotopic (exact) mass is 532 g/mol. The zero-order chi connectivity index (χ0) is 26.9. The number of aromatic nitrogens is 3. The van der Waals surface area contributed by atoms with Gasteiger partial charge in [-0.1, -0.05) is 43.3 Å². The number of nitrogens with zero attached hydrogens (tertiary/aromatic N) is 4. The molecular formula is C28H29FN6O2S. The van der Waals surface area contributed by atoms with Gasteiger partial charge in [-0.25, -0.2) is 18.6 Å². The van der Waals surface area contributed by atoms with Crippen LogP contribution in [0.1, 0.15) is 24.8 Å². The lowest BCUT2D eigenvalue weighted by Crippen LogP contribution is -2.19.